The van der Waals surface area contributed by atoms with Crippen LogP contribution in [0.25, 0.3) is 0 Å². The van der Waals surface area contributed by atoms with Gasteiger partial charge >= 0.3 is 0 Å². The van der Waals surface area contributed by atoms with Gasteiger partial charge < -0.3 is 20.1 Å². The first-order chi connectivity index (χ1) is 7.83. The zero-order valence-corrected chi connectivity index (χ0v) is 9.19. The van der Waals surface area contributed by atoms with Gasteiger partial charge in [-0.3, -0.25) is 0 Å². The Morgan fingerprint density at radius 3 is 2.69 bits per heavy atom. The summed E-state index contributed by atoms with van der Waals surface area (Å²) in [6.45, 7) is 2.39. The number of anilines is 1. The van der Waals surface area contributed by atoms with E-state index in [-0.39, 0.29) is 0 Å². The second-order valence-corrected chi connectivity index (χ2v) is 4.36. The predicted molar refractivity (Wildman–Crippen MR) is 62.0 cm³/mol. The molecule has 2 aliphatic rings. The van der Waals surface area contributed by atoms with E-state index < -0.39 is 0 Å². The first-order valence-electron chi connectivity index (χ1n) is 5.73. The third-order valence-electron chi connectivity index (χ3n) is 3.26. The minimum absolute atomic E-state index is 0.337. The largest absolute Gasteiger partial charge is 0.454 e. The van der Waals surface area contributed by atoms with Crippen molar-refractivity contribution in [2.75, 3.05) is 24.8 Å². The maximum atomic E-state index is 5.89. The van der Waals surface area contributed by atoms with Gasteiger partial charge in [0, 0.05) is 30.9 Å². The van der Waals surface area contributed by atoms with E-state index >= 15 is 0 Å². The lowest BCUT2D eigenvalue weighted by atomic mass is 10.1. The molecular formula is C12H16N2O2. The summed E-state index contributed by atoms with van der Waals surface area (Å²) in [4.78, 5) is 2.35. The van der Waals surface area contributed by atoms with E-state index in [2.05, 4.69) is 17.0 Å². The molecule has 2 aliphatic heterocycles. The van der Waals surface area contributed by atoms with Gasteiger partial charge in [-0.15, -0.1) is 0 Å². The van der Waals surface area contributed by atoms with Gasteiger partial charge in [-0.25, -0.2) is 0 Å². The number of rotatable bonds is 1. The molecule has 4 heteroatoms. The highest BCUT2D eigenvalue weighted by molar-refractivity contribution is 5.57. The third-order valence-corrected chi connectivity index (χ3v) is 3.26. The van der Waals surface area contributed by atoms with Crippen LogP contribution in [0.5, 0.6) is 11.5 Å². The summed E-state index contributed by atoms with van der Waals surface area (Å²) < 4.78 is 10.7. The van der Waals surface area contributed by atoms with Crippen LogP contribution in [0.15, 0.2) is 18.2 Å². The quantitative estimate of drug-likeness (QED) is 0.776. The Hall–Kier alpha value is -1.42. The van der Waals surface area contributed by atoms with Crippen LogP contribution in [-0.2, 0) is 0 Å². The Kier molecular flexibility index (Phi) is 2.36. The maximum absolute atomic E-state index is 5.89. The van der Waals surface area contributed by atoms with Crippen molar-refractivity contribution in [2.24, 2.45) is 5.73 Å². The van der Waals surface area contributed by atoms with E-state index in [0.29, 0.717) is 12.8 Å². The molecule has 0 aliphatic carbocycles. The van der Waals surface area contributed by atoms with Crippen LogP contribution >= 0.6 is 0 Å². The van der Waals surface area contributed by atoms with Crippen LogP contribution in [0.2, 0.25) is 0 Å². The highest BCUT2D eigenvalue weighted by atomic mass is 16.7. The average molecular weight is 220 g/mol. The first kappa shape index (κ1) is 9.78. The maximum Gasteiger partial charge on any atom is 0.231 e. The fourth-order valence-corrected chi connectivity index (χ4v) is 2.24. The lowest BCUT2D eigenvalue weighted by Crippen LogP contribution is -2.39. The third kappa shape index (κ3) is 1.69. The zero-order valence-electron chi connectivity index (χ0n) is 9.19. The van der Waals surface area contributed by atoms with Gasteiger partial charge in [-0.2, -0.15) is 0 Å². The van der Waals surface area contributed by atoms with Crippen LogP contribution in [0, 0.1) is 0 Å². The van der Waals surface area contributed by atoms with Crippen molar-refractivity contribution >= 4 is 5.69 Å². The van der Waals surface area contributed by atoms with Gasteiger partial charge in [0.15, 0.2) is 11.5 Å². The molecule has 4 nitrogen and oxygen atoms in total. The molecule has 1 fully saturated rings. The number of hydrogen-bond acceptors (Lipinski definition) is 4. The SMILES string of the molecule is NC1CCN(c2ccc3c(c2)OCO3)CC1. The van der Waals surface area contributed by atoms with E-state index in [1.54, 1.807) is 0 Å². The molecule has 0 bridgehead atoms. The molecule has 0 aromatic heterocycles. The Bertz CT molecular complexity index is 387. The summed E-state index contributed by atoms with van der Waals surface area (Å²) in [5.41, 5.74) is 7.10. The van der Waals surface area contributed by atoms with Gasteiger partial charge in [0.2, 0.25) is 6.79 Å². The van der Waals surface area contributed by atoms with E-state index in [9.17, 15) is 0 Å². The fourth-order valence-electron chi connectivity index (χ4n) is 2.24. The molecule has 1 saturated heterocycles. The highest BCUT2D eigenvalue weighted by Crippen LogP contribution is 2.35. The summed E-state index contributed by atoms with van der Waals surface area (Å²) in [5.74, 6) is 1.70. The summed E-state index contributed by atoms with van der Waals surface area (Å²) in [6, 6.07) is 6.49. The molecule has 1 aromatic carbocycles. The molecule has 0 unspecified atom stereocenters. The minimum Gasteiger partial charge on any atom is -0.454 e. The molecule has 2 N–H and O–H groups in total. The van der Waals surface area contributed by atoms with E-state index in [1.807, 2.05) is 6.07 Å². The van der Waals surface area contributed by atoms with Crippen molar-refractivity contribution in [3.63, 3.8) is 0 Å². The van der Waals surface area contributed by atoms with Gasteiger partial charge in [-0.05, 0) is 25.0 Å². The summed E-state index contributed by atoms with van der Waals surface area (Å²) >= 11 is 0. The molecule has 86 valence electrons. The van der Waals surface area contributed by atoms with Gasteiger partial charge in [0.1, 0.15) is 0 Å². The van der Waals surface area contributed by atoms with Crippen LogP contribution in [-0.4, -0.2) is 25.9 Å². The Morgan fingerprint density at radius 1 is 1.12 bits per heavy atom. The summed E-state index contributed by atoms with van der Waals surface area (Å²) in [7, 11) is 0. The molecule has 2 heterocycles. The lowest BCUT2D eigenvalue weighted by Gasteiger charge is -2.32. The summed E-state index contributed by atoms with van der Waals surface area (Å²) in [6.07, 6.45) is 2.13. The number of piperidine rings is 1. The lowest BCUT2D eigenvalue weighted by molar-refractivity contribution is 0.174. The van der Waals surface area contributed by atoms with Crippen molar-refractivity contribution in [2.45, 2.75) is 18.9 Å². The number of nitrogens with two attached hydrogens (primary N) is 1. The van der Waals surface area contributed by atoms with Gasteiger partial charge in [0.25, 0.3) is 0 Å². The molecule has 0 atom stereocenters. The van der Waals surface area contributed by atoms with Crippen molar-refractivity contribution in [3.8, 4) is 11.5 Å². The minimum atomic E-state index is 0.337. The van der Waals surface area contributed by atoms with E-state index in [4.69, 9.17) is 15.2 Å². The van der Waals surface area contributed by atoms with Gasteiger partial charge in [0.05, 0.1) is 0 Å². The molecule has 0 radical (unpaired) electrons. The van der Waals surface area contributed by atoms with Crippen LogP contribution in [0.3, 0.4) is 0 Å². The van der Waals surface area contributed by atoms with E-state index in [0.717, 1.165) is 37.4 Å². The van der Waals surface area contributed by atoms with Crippen molar-refractivity contribution in [3.05, 3.63) is 18.2 Å². The zero-order chi connectivity index (χ0) is 11.0. The van der Waals surface area contributed by atoms with Crippen molar-refractivity contribution in [1.29, 1.82) is 0 Å². The molecule has 1 aromatic rings. The summed E-state index contributed by atoms with van der Waals surface area (Å²) in [5, 5.41) is 0. The van der Waals surface area contributed by atoms with Crippen molar-refractivity contribution in [1.82, 2.24) is 0 Å². The number of ether oxygens (including phenoxy) is 2. The topological polar surface area (TPSA) is 47.7 Å². The molecule has 0 amide bonds. The monoisotopic (exact) mass is 220 g/mol. The second-order valence-electron chi connectivity index (χ2n) is 4.36. The molecular weight excluding hydrogens is 204 g/mol. The molecule has 3 rings (SSSR count). The number of fused-ring (bicyclic) bond motifs is 1. The average Bonchev–Trinajstić information content (AvgIpc) is 2.77. The van der Waals surface area contributed by atoms with Crippen LogP contribution < -0.4 is 20.1 Å². The van der Waals surface area contributed by atoms with Crippen LogP contribution in [0.1, 0.15) is 12.8 Å². The van der Waals surface area contributed by atoms with Crippen molar-refractivity contribution < 1.29 is 9.47 Å². The number of hydrogen-bond donors (Lipinski definition) is 1. The molecule has 16 heavy (non-hydrogen) atoms. The Labute approximate surface area is 94.9 Å². The number of nitrogens with zero attached hydrogens (tertiary/aromatic N) is 1. The molecule has 0 saturated carbocycles. The Morgan fingerprint density at radius 2 is 1.88 bits per heavy atom. The first-order valence-corrected chi connectivity index (χ1v) is 5.73. The Balaban J connectivity index is 1.79. The van der Waals surface area contributed by atoms with Crippen LogP contribution in [0.4, 0.5) is 5.69 Å². The van der Waals surface area contributed by atoms with E-state index in [1.165, 1.54) is 5.69 Å². The normalized spacial score (nSPS) is 20.2. The fraction of sp³-hybridized carbons (Fsp3) is 0.500. The smallest absolute Gasteiger partial charge is 0.231 e. The predicted octanol–water partition coefficient (Wildman–Crippen LogP) is 1.34. The second kappa shape index (κ2) is 3.87. The number of benzene rings is 1. The van der Waals surface area contributed by atoms with Gasteiger partial charge in [-0.1, -0.05) is 0 Å². The highest BCUT2D eigenvalue weighted by Gasteiger charge is 2.19. The molecule has 0 spiro atoms. The standard InChI is InChI=1S/C12H16N2O2/c13-9-3-5-14(6-4-9)10-1-2-11-12(7-10)16-8-15-11/h1-2,7,9H,3-6,8,13H2.